The average Bonchev–Trinajstić information content (AvgIpc) is 3.24. The summed E-state index contributed by atoms with van der Waals surface area (Å²) in [6.07, 6.45) is 3.27. The Kier molecular flexibility index (Phi) is 5.24. The molecular weight excluding hydrogens is 256 g/mol. The third kappa shape index (κ3) is 4.13. The van der Waals surface area contributed by atoms with Crippen LogP contribution in [0.25, 0.3) is 0 Å². The fourth-order valence-electron chi connectivity index (χ4n) is 2.01. The highest BCUT2D eigenvalue weighted by molar-refractivity contribution is 5.76. The van der Waals surface area contributed by atoms with E-state index >= 15 is 0 Å². The molecule has 0 heterocycles. The first-order valence-corrected chi connectivity index (χ1v) is 7.02. The quantitative estimate of drug-likeness (QED) is 0.750. The summed E-state index contributed by atoms with van der Waals surface area (Å²) in [6, 6.07) is 6.12. The standard InChI is InChI=1S/C15H22N2O3/c1-19-13-4-2-3-11(7-9-16)15(13)20-10-8-14(18)17-12-5-6-12/h2-4,12H,5-10,16H2,1H3,(H,17,18). The zero-order chi connectivity index (χ0) is 14.4. The van der Waals surface area contributed by atoms with Crippen LogP contribution in [0.4, 0.5) is 0 Å². The van der Waals surface area contributed by atoms with Crippen molar-refractivity contribution in [1.82, 2.24) is 5.32 Å². The first-order valence-electron chi connectivity index (χ1n) is 7.02. The molecule has 1 aromatic rings. The average molecular weight is 278 g/mol. The van der Waals surface area contributed by atoms with Crippen LogP contribution in [0.15, 0.2) is 18.2 Å². The summed E-state index contributed by atoms with van der Waals surface area (Å²) in [7, 11) is 1.61. The Morgan fingerprint density at radius 3 is 2.90 bits per heavy atom. The molecule has 5 heteroatoms. The molecule has 20 heavy (non-hydrogen) atoms. The van der Waals surface area contributed by atoms with Gasteiger partial charge in [-0.3, -0.25) is 4.79 Å². The largest absolute Gasteiger partial charge is 0.493 e. The van der Waals surface area contributed by atoms with Crippen molar-refractivity contribution in [2.45, 2.75) is 31.7 Å². The molecule has 1 saturated carbocycles. The van der Waals surface area contributed by atoms with E-state index in [1.807, 2.05) is 18.2 Å². The number of carbonyl (C=O) groups excluding carboxylic acids is 1. The molecule has 0 atom stereocenters. The topological polar surface area (TPSA) is 73.6 Å². The molecule has 3 N–H and O–H groups in total. The van der Waals surface area contributed by atoms with E-state index in [1.54, 1.807) is 7.11 Å². The molecule has 1 amide bonds. The van der Waals surface area contributed by atoms with Crippen LogP contribution in [0.5, 0.6) is 11.5 Å². The number of amides is 1. The summed E-state index contributed by atoms with van der Waals surface area (Å²) in [6.45, 7) is 0.891. The molecule has 1 fully saturated rings. The van der Waals surface area contributed by atoms with Gasteiger partial charge in [-0.15, -0.1) is 0 Å². The molecule has 0 aromatic heterocycles. The zero-order valence-corrected chi connectivity index (χ0v) is 11.9. The Morgan fingerprint density at radius 2 is 2.25 bits per heavy atom. The lowest BCUT2D eigenvalue weighted by atomic mass is 10.1. The minimum Gasteiger partial charge on any atom is -0.493 e. The Bertz CT molecular complexity index is 458. The first-order chi connectivity index (χ1) is 9.74. The zero-order valence-electron chi connectivity index (χ0n) is 11.9. The number of benzene rings is 1. The van der Waals surface area contributed by atoms with E-state index in [-0.39, 0.29) is 5.91 Å². The number of hydrogen-bond donors (Lipinski definition) is 2. The van der Waals surface area contributed by atoms with Gasteiger partial charge >= 0.3 is 0 Å². The number of carbonyl (C=O) groups is 1. The summed E-state index contributed by atoms with van der Waals surface area (Å²) in [5.41, 5.74) is 6.61. The van der Waals surface area contributed by atoms with Gasteiger partial charge in [-0.1, -0.05) is 12.1 Å². The molecule has 0 unspecified atom stereocenters. The van der Waals surface area contributed by atoms with Crippen molar-refractivity contribution < 1.29 is 14.3 Å². The van der Waals surface area contributed by atoms with E-state index in [2.05, 4.69) is 5.32 Å². The van der Waals surface area contributed by atoms with E-state index in [0.717, 1.165) is 24.8 Å². The second-order valence-corrected chi connectivity index (χ2v) is 4.93. The van der Waals surface area contributed by atoms with E-state index < -0.39 is 0 Å². The Labute approximate surface area is 119 Å². The molecule has 0 saturated heterocycles. The van der Waals surface area contributed by atoms with Crippen molar-refractivity contribution in [1.29, 1.82) is 0 Å². The maximum absolute atomic E-state index is 11.6. The molecule has 2 rings (SSSR count). The van der Waals surface area contributed by atoms with Crippen molar-refractivity contribution in [2.75, 3.05) is 20.3 Å². The Hall–Kier alpha value is -1.75. The van der Waals surface area contributed by atoms with Crippen LogP contribution in [-0.4, -0.2) is 32.2 Å². The molecule has 1 aliphatic carbocycles. The number of para-hydroxylation sites is 1. The predicted octanol–water partition coefficient (Wildman–Crippen LogP) is 1.24. The van der Waals surface area contributed by atoms with Crippen LogP contribution < -0.4 is 20.5 Å². The summed E-state index contributed by atoms with van der Waals surface area (Å²) in [4.78, 5) is 11.6. The summed E-state index contributed by atoms with van der Waals surface area (Å²) < 4.78 is 11.0. The van der Waals surface area contributed by atoms with Gasteiger partial charge in [-0.05, 0) is 37.4 Å². The number of nitrogens with two attached hydrogens (primary N) is 1. The number of ether oxygens (including phenoxy) is 2. The van der Waals surface area contributed by atoms with Gasteiger partial charge in [-0.25, -0.2) is 0 Å². The fraction of sp³-hybridized carbons (Fsp3) is 0.533. The highest BCUT2D eigenvalue weighted by Crippen LogP contribution is 2.31. The van der Waals surface area contributed by atoms with Crippen LogP contribution in [0.1, 0.15) is 24.8 Å². The van der Waals surface area contributed by atoms with Gasteiger partial charge < -0.3 is 20.5 Å². The molecule has 1 aromatic carbocycles. The van der Waals surface area contributed by atoms with Crippen molar-refractivity contribution in [3.63, 3.8) is 0 Å². The SMILES string of the molecule is COc1cccc(CCN)c1OCCC(=O)NC1CC1. The van der Waals surface area contributed by atoms with Crippen molar-refractivity contribution in [2.24, 2.45) is 5.73 Å². The summed E-state index contributed by atoms with van der Waals surface area (Å²) >= 11 is 0. The highest BCUT2D eigenvalue weighted by Gasteiger charge is 2.23. The van der Waals surface area contributed by atoms with Crippen LogP contribution in [0.3, 0.4) is 0 Å². The van der Waals surface area contributed by atoms with E-state index in [1.165, 1.54) is 0 Å². The van der Waals surface area contributed by atoms with E-state index in [9.17, 15) is 4.79 Å². The van der Waals surface area contributed by atoms with Gasteiger partial charge in [0.2, 0.25) is 5.91 Å². The van der Waals surface area contributed by atoms with Crippen molar-refractivity contribution >= 4 is 5.91 Å². The van der Waals surface area contributed by atoms with Gasteiger partial charge in [0, 0.05) is 6.04 Å². The lowest BCUT2D eigenvalue weighted by molar-refractivity contribution is -0.121. The molecule has 110 valence electrons. The molecule has 5 nitrogen and oxygen atoms in total. The Balaban J connectivity index is 1.90. The van der Waals surface area contributed by atoms with Crippen LogP contribution in [0.2, 0.25) is 0 Å². The number of rotatable bonds is 8. The number of methoxy groups -OCH3 is 1. The van der Waals surface area contributed by atoms with Crippen molar-refractivity contribution in [3.8, 4) is 11.5 Å². The Morgan fingerprint density at radius 1 is 1.45 bits per heavy atom. The number of nitrogens with one attached hydrogen (secondary N) is 1. The van der Waals surface area contributed by atoms with Gasteiger partial charge in [0.1, 0.15) is 0 Å². The minimum absolute atomic E-state index is 0.0442. The van der Waals surface area contributed by atoms with Gasteiger partial charge in [0.15, 0.2) is 11.5 Å². The second kappa shape index (κ2) is 7.14. The lowest BCUT2D eigenvalue weighted by Crippen LogP contribution is -2.26. The maximum Gasteiger partial charge on any atom is 0.223 e. The molecule has 1 aliphatic rings. The van der Waals surface area contributed by atoms with E-state index in [4.69, 9.17) is 15.2 Å². The summed E-state index contributed by atoms with van der Waals surface area (Å²) in [5, 5.41) is 2.94. The third-order valence-electron chi connectivity index (χ3n) is 3.21. The van der Waals surface area contributed by atoms with E-state index in [0.29, 0.717) is 37.1 Å². The molecule has 0 aliphatic heterocycles. The second-order valence-electron chi connectivity index (χ2n) is 4.93. The van der Waals surface area contributed by atoms with Gasteiger partial charge in [0.05, 0.1) is 20.1 Å². The van der Waals surface area contributed by atoms with Crippen molar-refractivity contribution in [3.05, 3.63) is 23.8 Å². The number of hydrogen-bond acceptors (Lipinski definition) is 4. The minimum atomic E-state index is 0.0442. The van der Waals surface area contributed by atoms with Crippen LogP contribution in [-0.2, 0) is 11.2 Å². The highest BCUT2D eigenvalue weighted by atomic mass is 16.5. The monoisotopic (exact) mass is 278 g/mol. The van der Waals surface area contributed by atoms with Crippen LogP contribution >= 0.6 is 0 Å². The lowest BCUT2D eigenvalue weighted by Gasteiger charge is -2.14. The molecule has 0 spiro atoms. The molecular formula is C15H22N2O3. The first kappa shape index (κ1) is 14.7. The smallest absolute Gasteiger partial charge is 0.223 e. The maximum atomic E-state index is 11.6. The predicted molar refractivity (Wildman–Crippen MR) is 77.0 cm³/mol. The molecule has 0 radical (unpaired) electrons. The van der Waals surface area contributed by atoms with Gasteiger partial charge in [0.25, 0.3) is 0 Å². The third-order valence-corrected chi connectivity index (χ3v) is 3.21. The normalized spacial score (nSPS) is 13.9. The summed E-state index contributed by atoms with van der Waals surface area (Å²) in [5.74, 6) is 1.42. The molecule has 0 bridgehead atoms. The fourth-order valence-corrected chi connectivity index (χ4v) is 2.01. The van der Waals surface area contributed by atoms with Crippen LogP contribution in [0, 0.1) is 0 Å². The van der Waals surface area contributed by atoms with Gasteiger partial charge in [-0.2, -0.15) is 0 Å².